The number of hydrogen-bond donors (Lipinski definition) is 5. The molecule has 1 amide bonds. The van der Waals surface area contributed by atoms with E-state index in [1.807, 2.05) is 20.8 Å². The average Bonchev–Trinajstić information content (AvgIpc) is 2.80. The molecule has 0 fully saturated rings. The van der Waals surface area contributed by atoms with Crippen LogP contribution in [0, 0.1) is 0 Å². The maximum absolute atomic E-state index is 12.0. The second kappa shape index (κ2) is 22.2. The van der Waals surface area contributed by atoms with Crippen LogP contribution in [0.1, 0.15) is 59.3 Å². The van der Waals surface area contributed by atoms with Gasteiger partial charge in [-0.3, -0.25) is 0 Å². The van der Waals surface area contributed by atoms with Crippen molar-refractivity contribution < 1.29 is 9.53 Å². The zero-order valence-electron chi connectivity index (χ0n) is 23.1. The molecule has 0 aromatic rings. The van der Waals surface area contributed by atoms with Crippen LogP contribution in [0.5, 0.6) is 0 Å². The highest BCUT2D eigenvalue weighted by molar-refractivity contribution is 5.67. The van der Waals surface area contributed by atoms with Gasteiger partial charge in [-0.1, -0.05) is 0 Å². The maximum atomic E-state index is 12.0. The predicted octanol–water partition coefficient (Wildman–Crippen LogP) is 0.593. The van der Waals surface area contributed by atoms with Crippen molar-refractivity contribution in [2.75, 3.05) is 91.6 Å². The lowest BCUT2D eigenvalue weighted by Crippen LogP contribution is -2.40. The molecule has 10 nitrogen and oxygen atoms in total. The Morgan fingerprint density at radius 2 is 0.914 bits per heavy atom. The third-order valence-electron chi connectivity index (χ3n) is 5.71. The molecule has 10 heteroatoms. The van der Waals surface area contributed by atoms with Crippen LogP contribution in [0.3, 0.4) is 0 Å². The molecular formula is C25H58N8O2. The van der Waals surface area contributed by atoms with Gasteiger partial charge in [-0.15, -0.1) is 0 Å². The Balaban J connectivity index is 4.74. The first kappa shape index (κ1) is 34.0. The van der Waals surface area contributed by atoms with Crippen LogP contribution in [-0.4, -0.2) is 118 Å². The fourth-order valence-corrected chi connectivity index (χ4v) is 3.93. The number of carbonyl (C=O) groups excluding carboxylic acids is 1. The van der Waals surface area contributed by atoms with E-state index in [0.717, 1.165) is 97.4 Å². The van der Waals surface area contributed by atoms with Gasteiger partial charge in [0.1, 0.15) is 5.60 Å². The fraction of sp³-hybridized carbons (Fsp3) is 0.960. The summed E-state index contributed by atoms with van der Waals surface area (Å²) in [4.78, 5) is 19.4. The van der Waals surface area contributed by atoms with Crippen LogP contribution in [0.15, 0.2) is 0 Å². The van der Waals surface area contributed by atoms with E-state index < -0.39 is 5.60 Å². The Hall–Kier alpha value is -1.01. The summed E-state index contributed by atoms with van der Waals surface area (Å²) >= 11 is 0. The van der Waals surface area contributed by atoms with Crippen LogP contribution in [-0.2, 0) is 4.74 Å². The molecule has 35 heavy (non-hydrogen) atoms. The molecule has 0 radical (unpaired) electrons. The Kier molecular flexibility index (Phi) is 21.6. The average molecular weight is 503 g/mol. The monoisotopic (exact) mass is 502 g/mol. The Morgan fingerprint density at radius 1 is 0.600 bits per heavy atom. The number of rotatable bonds is 23. The molecule has 0 atom stereocenters. The minimum Gasteiger partial charge on any atom is -0.444 e. The molecule has 0 spiro atoms. The number of ether oxygens (including phenoxy) is 1. The van der Waals surface area contributed by atoms with Crippen molar-refractivity contribution in [3.05, 3.63) is 0 Å². The standard InChI is InChI=1S/C25H58N8O2/c1-25(2,3)35-24(34)30-14-23-33(21-8-19-31(15-4-10-26)16-5-11-27)22-9-20-32(17-6-12-28)18-7-13-29/h4-23,26-29H2,1-3H3,(H,30,34). The van der Waals surface area contributed by atoms with Crippen molar-refractivity contribution in [3.63, 3.8) is 0 Å². The second-order valence-electron chi connectivity index (χ2n) is 10.2. The van der Waals surface area contributed by atoms with Crippen molar-refractivity contribution in [2.45, 2.75) is 64.9 Å². The van der Waals surface area contributed by atoms with Gasteiger partial charge in [0.25, 0.3) is 0 Å². The van der Waals surface area contributed by atoms with E-state index in [0.29, 0.717) is 32.7 Å². The van der Waals surface area contributed by atoms with Crippen molar-refractivity contribution in [3.8, 4) is 0 Å². The van der Waals surface area contributed by atoms with E-state index in [1.54, 1.807) is 0 Å². The highest BCUT2D eigenvalue weighted by Gasteiger charge is 2.16. The molecule has 0 aromatic heterocycles. The van der Waals surface area contributed by atoms with E-state index >= 15 is 0 Å². The van der Waals surface area contributed by atoms with Crippen molar-refractivity contribution in [1.82, 2.24) is 20.0 Å². The predicted molar refractivity (Wildman–Crippen MR) is 147 cm³/mol. The summed E-state index contributed by atoms with van der Waals surface area (Å²) in [5.74, 6) is 0. The highest BCUT2D eigenvalue weighted by atomic mass is 16.6. The molecule has 0 unspecified atom stereocenters. The molecule has 0 bridgehead atoms. The van der Waals surface area contributed by atoms with Gasteiger partial charge in [0.2, 0.25) is 0 Å². The molecule has 0 aromatic carbocycles. The second-order valence-corrected chi connectivity index (χ2v) is 10.2. The summed E-state index contributed by atoms with van der Waals surface area (Å²) in [7, 11) is 0. The Labute approximate surface area is 215 Å². The maximum Gasteiger partial charge on any atom is 0.407 e. The van der Waals surface area contributed by atoms with Gasteiger partial charge in [0.05, 0.1) is 0 Å². The van der Waals surface area contributed by atoms with E-state index in [-0.39, 0.29) is 6.09 Å². The number of carbonyl (C=O) groups is 1. The number of nitrogens with one attached hydrogen (secondary N) is 1. The first-order valence-corrected chi connectivity index (χ1v) is 13.7. The van der Waals surface area contributed by atoms with Gasteiger partial charge >= 0.3 is 6.09 Å². The number of alkyl carbamates (subject to hydrolysis) is 1. The van der Waals surface area contributed by atoms with Gasteiger partial charge in [0, 0.05) is 13.1 Å². The number of nitrogens with two attached hydrogens (primary N) is 4. The number of hydrogen-bond acceptors (Lipinski definition) is 9. The summed E-state index contributed by atoms with van der Waals surface area (Å²) in [5, 5.41) is 2.90. The molecule has 0 aliphatic heterocycles. The molecule has 0 saturated heterocycles. The molecular weight excluding hydrogens is 444 g/mol. The smallest absolute Gasteiger partial charge is 0.407 e. The Morgan fingerprint density at radius 3 is 1.23 bits per heavy atom. The molecule has 0 rings (SSSR count). The topological polar surface area (TPSA) is 152 Å². The Bertz CT molecular complexity index is 449. The molecule has 9 N–H and O–H groups in total. The van der Waals surface area contributed by atoms with Crippen LogP contribution < -0.4 is 28.3 Å². The van der Waals surface area contributed by atoms with E-state index in [2.05, 4.69) is 20.0 Å². The van der Waals surface area contributed by atoms with Gasteiger partial charge in [-0.05, 0) is 138 Å². The van der Waals surface area contributed by atoms with E-state index in [1.165, 1.54) is 0 Å². The van der Waals surface area contributed by atoms with Crippen LogP contribution in [0.25, 0.3) is 0 Å². The molecule has 0 saturated carbocycles. The van der Waals surface area contributed by atoms with Crippen LogP contribution >= 0.6 is 0 Å². The first-order valence-electron chi connectivity index (χ1n) is 13.7. The third-order valence-corrected chi connectivity index (χ3v) is 5.71. The van der Waals surface area contributed by atoms with Crippen LogP contribution in [0.2, 0.25) is 0 Å². The SMILES string of the molecule is CC(C)(C)OC(=O)NCCN(CCCN(CCCN)CCCN)CCCN(CCCN)CCCN. The van der Waals surface area contributed by atoms with E-state index in [9.17, 15) is 4.79 Å². The quantitative estimate of drug-likeness (QED) is 0.135. The molecule has 210 valence electrons. The summed E-state index contributed by atoms with van der Waals surface area (Å²) in [6.45, 7) is 18.0. The fourth-order valence-electron chi connectivity index (χ4n) is 3.93. The van der Waals surface area contributed by atoms with Crippen LogP contribution in [0.4, 0.5) is 4.79 Å². The lowest BCUT2D eigenvalue weighted by Gasteiger charge is -2.28. The lowest BCUT2D eigenvalue weighted by molar-refractivity contribution is 0.0521. The van der Waals surface area contributed by atoms with Gasteiger partial charge in [-0.2, -0.15) is 0 Å². The highest BCUT2D eigenvalue weighted by Crippen LogP contribution is 2.06. The zero-order valence-corrected chi connectivity index (χ0v) is 23.1. The largest absolute Gasteiger partial charge is 0.444 e. The van der Waals surface area contributed by atoms with Crippen molar-refractivity contribution >= 4 is 6.09 Å². The normalized spacial score (nSPS) is 12.2. The third kappa shape index (κ3) is 22.0. The zero-order chi connectivity index (χ0) is 26.4. The lowest BCUT2D eigenvalue weighted by atomic mass is 10.2. The summed E-state index contributed by atoms with van der Waals surface area (Å²) in [6.07, 6.45) is 5.83. The first-order chi connectivity index (χ1) is 16.8. The molecule has 0 aliphatic rings. The van der Waals surface area contributed by atoms with E-state index in [4.69, 9.17) is 27.7 Å². The summed E-state index contributed by atoms with van der Waals surface area (Å²) in [6, 6.07) is 0. The minimum atomic E-state index is -0.489. The van der Waals surface area contributed by atoms with Gasteiger partial charge in [0.15, 0.2) is 0 Å². The molecule has 0 heterocycles. The number of amides is 1. The van der Waals surface area contributed by atoms with Gasteiger partial charge < -0.3 is 47.7 Å². The summed E-state index contributed by atoms with van der Waals surface area (Å²) in [5.41, 5.74) is 22.4. The van der Waals surface area contributed by atoms with Crippen molar-refractivity contribution in [1.29, 1.82) is 0 Å². The van der Waals surface area contributed by atoms with Crippen molar-refractivity contribution in [2.24, 2.45) is 22.9 Å². The molecule has 0 aliphatic carbocycles. The van der Waals surface area contributed by atoms with Gasteiger partial charge in [-0.25, -0.2) is 4.79 Å². The number of nitrogens with zero attached hydrogens (tertiary/aromatic N) is 3. The summed E-state index contributed by atoms with van der Waals surface area (Å²) < 4.78 is 5.37. The minimum absolute atomic E-state index is 0.359.